The number of nitrogens with one attached hydrogen (secondary N) is 1. The second-order valence-corrected chi connectivity index (χ2v) is 9.68. The molecule has 2 aliphatic heterocycles. The summed E-state index contributed by atoms with van der Waals surface area (Å²) in [6.07, 6.45) is 0. The SMILES string of the molecule is Cc1ccccc1-n1nc(-c2c(-c3ccc(F)cc3)nn3c2NCC(CN2CCOCC2)C3)ccc1=O.Cl. The van der Waals surface area contributed by atoms with E-state index in [9.17, 15) is 9.18 Å². The third-order valence-corrected chi connectivity index (χ3v) is 7.08. The van der Waals surface area contributed by atoms with Crippen molar-refractivity contribution in [2.45, 2.75) is 13.5 Å². The van der Waals surface area contributed by atoms with E-state index in [-0.39, 0.29) is 23.8 Å². The van der Waals surface area contributed by atoms with E-state index in [1.54, 1.807) is 18.2 Å². The Hall–Kier alpha value is -3.53. The predicted molar refractivity (Wildman–Crippen MR) is 148 cm³/mol. The summed E-state index contributed by atoms with van der Waals surface area (Å²) < 4.78 is 22.7. The van der Waals surface area contributed by atoms with E-state index in [1.807, 2.05) is 35.9 Å². The summed E-state index contributed by atoms with van der Waals surface area (Å²) in [7, 11) is 0. The molecule has 0 bridgehead atoms. The number of hydrogen-bond acceptors (Lipinski definition) is 6. The number of ether oxygens (including phenoxy) is 1. The van der Waals surface area contributed by atoms with Gasteiger partial charge >= 0.3 is 0 Å². The zero-order chi connectivity index (χ0) is 25.4. The normalized spacial score (nSPS) is 17.4. The van der Waals surface area contributed by atoms with Gasteiger partial charge < -0.3 is 10.1 Å². The molecule has 1 atom stereocenters. The van der Waals surface area contributed by atoms with E-state index < -0.39 is 0 Å². The Balaban J connectivity index is 0.00000294. The number of rotatable bonds is 5. The number of fused-ring (bicyclic) bond motifs is 1. The van der Waals surface area contributed by atoms with Crippen LogP contribution in [0.5, 0.6) is 0 Å². The second kappa shape index (κ2) is 11.1. The summed E-state index contributed by atoms with van der Waals surface area (Å²) in [6.45, 7) is 7.91. The van der Waals surface area contributed by atoms with Crippen LogP contribution in [0.25, 0.3) is 28.2 Å². The lowest BCUT2D eigenvalue weighted by atomic mass is 10.0. The minimum atomic E-state index is -0.302. The summed E-state index contributed by atoms with van der Waals surface area (Å²) in [5.74, 6) is 0.942. The van der Waals surface area contributed by atoms with Crippen LogP contribution in [0.15, 0.2) is 65.5 Å². The number of hydrogen-bond donors (Lipinski definition) is 1. The molecule has 0 radical (unpaired) electrons. The third kappa shape index (κ3) is 5.09. The average molecular weight is 537 g/mol. The summed E-state index contributed by atoms with van der Waals surface area (Å²) in [4.78, 5) is 15.3. The number of aryl methyl sites for hydroxylation is 1. The fraction of sp³-hybridized carbons (Fsp3) is 0.321. The Kier molecular flexibility index (Phi) is 7.60. The molecule has 38 heavy (non-hydrogen) atoms. The first-order valence-corrected chi connectivity index (χ1v) is 12.6. The van der Waals surface area contributed by atoms with Crippen molar-refractivity contribution in [3.8, 4) is 28.2 Å². The number of benzene rings is 2. The van der Waals surface area contributed by atoms with Crippen molar-refractivity contribution in [1.29, 1.82) is 0 Å². The second-order valence-electron chi connectivity index (χ2n) is 9.68. The van der Waals surface area contributed by atoms with Crippen LogP contribution in [0.4, 0.5) is 10.2 Å². The molecule has 2 aromatic carbocycles. The van der Waals surface area contributed by atoms with Gasteiger partial charge in [0.05, 0.1) is 30.2 Å². The molecule has 2 aromatic heterocycles. The van der Waals surface area contributed by atoms with Crippen LogP contribution < -0.4 is 10.9 Å². The summed E-state index contributed by atoms with van der Waals surface area (Å²) in [6, 6.07) is 17.3. The van der Waals surface area contributed by atoms with Gasteiger partial charge in [-0.1, -0.05) is 18.2 Å². The fourth-order valence-corrected chi connectivity index (χ4v) is 5.17. The molecule has 6 rings (SSSR count). The number of nitrogens with zero attached hydrogens (tertiary/aromatic N) is 5. The van der Waals surface area contributed by atoms with Crippen molar-refractivity contribution in [1.82, 2.24) is 24.5 Å². The Bertz CT molecular complexity index is 1480. The highest BCUT2D eigenvalue weighted by molar-refractivity contribution is 5.87. The van der Waals surface area contributed by atoms with Gasteiger partial charge in [0.25, 0.3) is 5.56 Å². The molecule has 198 valence electrons. The number of aromatic nitrogens is 4. The van der Waals surface area contributed by atoms with Gasteiger partial charge in [-0.15, -0.1) is 12.4 Å². The molecule has 4 aromatic rings. The summed E-state index contributed by atoms with van der Waals surface area (Å²) in [5.41, 5.74) is 4.41. The Morgan fingerprint density at radius 3 is 2.55 bits per heavy atom. The van der Waals surface area contributed by atoms with Crippen molar-refractivity contribution >= 4 is 18.2 Å². The molecule has 0 saturated carbocycles. The van der Waals surface area contributed by atoms with Crippen molar-refractivity contribution in [2.24, 2.45) is 5.92 Å². The van der Waals surface area contributed by atoms with E-state index >= 15 is 0 Å². The number of morpholine rings is 1. The highest BCUT2D eigenvalue weighted by Gasteiger charge is 2.29. The Morgan fingerprint density at radius 1 is 1.03 bits per heavy atom. The highest BCUT2D eigenvalue weighted by atomic mass is 35.5. The van der Waals surface area contributed by atoms with Crippen molar-refractivity contribution < 1.29 is 9.13 Å². The molecule has 8 nitrogen and oxygen atoms in total. The van der Waals surface area contributed by atoms with Gasteiger partial charge in [-0.2, -0.15) is 14.9 Å². The van der Waals surface area contributed by atoms with Gasteiger partial charge in [0.2, 0.25) is 0 Å². The van der Waals surface area contributed by atoms with Crippen LogP contribution >= 0.6 is 12.4 Å². The zero-order valence-corrected chi connectivity index (χ0v) is 22.0. The van der Waals surface area contributed by atoms with Crippen molar-refractivity contribution in [3.05, 3.63) is 82.4 Å². The minimum absolute atomic E-state index is 0. The number of halogens is 2. The van der Waals surface area contributed by atoms with Gasteiger partial charge in [0.15, 0.2) is 0 Å². The number of anilines is 1. The first kappa shape index (κ1) is 26.1. The quantitative estimate of drug-likeness (QED) is 0.415. The number of para-hydroxylation sites is 1. The smallest absolute Gasteiger partial charge is 0.271 e. The van der Waals surface area contributed by atoms with Crippen molar-refractivity contribution in [2.75, 3.05) is 44.7 Å². The van der Waals surface area contributed by atoms with E-state index in [4.69, 9.17) is 14.9 Å². The molecule has 2 aliphatic rings. The van der Waals surface area contributed by atoms with Crippen LogP contribution in [-0.4, -0.2) is 63.9 Å². The van der Waals surface area contributed by atoms with Gasteiger partial charge in [-0.25, -0.2) is 9.07 Å². The lowest BCUT2D eigenvalue weighted by molar-refractivity contribution is 0.0297. The van der Waals surface area contributed by atoms with Gasteiger partial charge in [-0.05, 0) is 48.9 Å². The average Bonchev–Trinajstić information content (AvgIpc) is 3.29. The van der Waals surface area contributed by atoms with E-state index in [0.29, 0.717) is 17.3 Å². The third-order valence-electron chi connectivity index (χ3n) is 7.08. The predicted octanol–water partition coefficient (Wildman–Crippen LogP) is 4.01. The molecule has 1 fully saturated rings. The molecule has 0 spiro atoms. The molecule has 0 amide bonds. The molecule has 4 heterocycles. The maximum Gasteiger partial charge on any atom is 0.271 e. The van der Waals surface area contributed by atoms with E-state index in [2.05, 4.69) is 10.2 Å². The lowest BCUT2D eigenvalue weighted by Crippen LogP contribution is -2.43. The highest BCUT2D eigenvalue weighted by Crippen LogP contribution is 2.38. The molecule has 0 aliphatic carbocycles. The maximum atomic E-state index is 13.7. The van der Waals surface area contributed by atoms with Crippen LogP contribution in [0.3, 0.4) is 0 Å². The molecule has 1 N–H and O–H groups in total. The minimum Gasteiger partial charge on any atom is -0.379 e. The first-order chi connectivity index (χ1) is 18.1. The standard InChI is InChI=1S/C28H29FN6O2.ClH/c1-19-4-2-3-5-24(19)35-25(36)11-10-23(31-35)26-27(21-6-8-22(29)9-7-21)32-34-18-20(16-30-28(26)34)17-33-12-14-37-15-13-33;/h2-11,20,30H,12-18H2,1H3;1H. The molecule has 10 heteroatoms. The molecule has 1 unspecified atom stereocenters. The molecular weight excluding hydrogens is 507 g/mol. The maximum absolute atomic E-state index is 13.7. The zero-order valence-electron chi connectivity index (χ0n) is 21.1. The van der Waals surface area contributed by atoms with Crippen LogP contribution in [0, 0.1) is 18.7 Å². The largest absolute Gasteiger partial charge is 0.379 e. The van der Waals surface area contributed by atoms with Gasteiger partial charge in [0, 0.05) is 50.3 Å². The van der Waals surface area contributed by atoms with Gasteiger partial charge in [0.1, 0.15) is 17.3 Å². The molecular formula is C28H30ClFN6O2. The summed E-state index contributed by atoms with van der Waals surface area (Å²) >= 11 is 0. The van der Waals surface area contributed by atoms with Gasteiger partial charge in [-0.3, -0.25) is 9.69 Å². The lowest BCUT2D eigenvalue weighted by Gasteiger charge is -2.33. The van der Waals surface area contributed by atoms with Crippen LogP contribution in [0.1, 0.15) is 5.56 Å². The van der Waals surface area contributed by atoms with E-state index in [1.165, 1.54) is 22.9 Å². The topological polar surface area (TPSA) is 77.2 Å². The van der Waals surface area contributed by atoms with Crippen LogP contribution in [-0.2, 0) is 11.3 Å². The molecule has 1 saturated heterocycles. The fourth-order valence-electron chi connectivity index (χ4n) is 5.17. The Labute approximate surface area is 226 Å². The Morgan fingerprint density at radius 2 is 1.79 bits per heavy atom. The van der Waals surface area contributed by atoms with Crippen molar-refractivity contribution in [3.63, 3.8) is 0 Å². The monoisotopic (exact) mass is 536 g/mol. The van der Waals surface area contributed by atoms with Crippen LogP contribution in [0.2, 0.25) is 0 Å². The first-order valence-electron chi connectivity index (χ1n) is 12.6. The summed E-state index contributed by atoms with van der Waals surface area (Å²) in [5, 5.41) is 13.4. The van der Waals surface area contributed by atoms with E-state index in [0.717, 1.165) is 74.1 Å².